The Morgan fingerprint density at radius 2 is 2.00 bits per heavy atom. The molecule has 1 aromatic rings. The minimum absolute atomic E-state index is 0.0189. The summed E-state index contributed by atoms with van der Waals surface area (Å²) in [7, 11) is 0. The summed E-state index contributed by atoms with van der Waals surface area (Å²) in [6.45, 7) is 0.978. The van der Waals surface area contributed by atoms with Crippen molar-refractivity contribution in [1.29, 1.82) is 0 Å². The van der Waals surface area contributed by atoms with Gasteiger partial charge in [-0.1, -0.05) is 12.8 Å². The molecular weight excluding hydrogens is 256 g/mol. The molecule has 0 radical (unpaired) electrons. The highest BCUT2D eigenvalue weighted by atomic mass is 16.6. The summed E-state index contributed by atoms with van der Waals surface area (Å²) < 4.78 is 0. The van der Waals surface area contributed by atoms with Crippen LogP contribution in [0.15, 0.2) is 12.1 Å². The van der Waals surface area contributed by atoms with Crippen LogP contribution in [0.25, 0.3) is 0 Å². The van der Waals surface area contributed by atoms with Crippen molar-refractivity contribution in [2.45, 2.75) is 44.6 Å². The highest BCUT2D eigenvalue weighted by molar-refractivity contribution is 5.58. The number of pyridine rings is 1. The molecule has 0 amide bonds. The molecule has 2 aliphatic rings. The number of fused-ring (bicyclic) bond motifs is 1. The van der Waals surface area contributed by atoms with Crippen LogP contribution in [0.2, 0.25) is 0 Å². The van der Waals surface area contributed by atoms with Gasteiger partial charge in [-0.2, -0.15) is 0 Å². The summed E-state index contributed by atoms with van der Waals surface area (Å²) >= 11 is 0. The number of anilines is 2. The molecule has 1 aliphatic heterocycles. The van der Waals surface area contributed by atoms with Gasteiger partial charge in [0.05, 0.1) is 4.92 Å². The first-order chi connectivity index (χ1) is 9.66. The number of nitrogens with two attached hydrogens (primary N) is 1. The van der Waals surface area contributed by atoms with Gasteiger partial charge in [-0.25, -0.2) is 4.98 Å². The van der Waals surface area contributed by atoms with E-state index < -0.39 is 4.92 Å². The molecule has 108 valence electrons. The Hall–Kier alpha value is -1.85. The summed E-state index contributed by atoms with van der Waals surface area (Å²) in [6, 6.07) is 3.75. The minimum atomic E-state index is -0.480. The maximum atomic E-state index is 10.8. The van der Waals surface area contributed by atoms with E-state index in [9.17, 15) is 10.1 Å². The van der Waals surface area contributed by atoms with Gasteiger partial charge in [-0.05, 0) is 37.7 Å². The van der Waals surface area contributed by atoms with Gasteiger partial charge in [-0.3, -0.25) is 10.1 Å². The molecular formula is C14H20N4O2. The predicted molar refractivity (Wildman–Crippen MR) is 77.6 cm³/mol. The summed E-state index contributed by atoms with van der Waals surface area (Å²) in [5.41, 5.74) is 5.61. The van der Waals surface area contributed by atoms with Crippen molar-refractivity contribution < 1.29 is 4.92 Å². The number of piperidine rings is 1. The van der Waals surface area contributed by atoms with Gasteiger partial charge < -0.3 is 10.6 Å². The molecule has 2 heterocycles. The molecule has 2 unspecified atom stereocenters. The van der Waals surface area contributed by atoms with E-state index in [0.717, 1.165) is 18.3 Å². The lowest BCUT2D eigenvalue weighted by Crippen LogP contribution is -2.47. The van der Waals surface area contributed by atoms with Gasteiger partial charge >= 0.3 is 5.69 Å². The van der Waals surface area contributed by atoms with E-state index in [4.69, 9.17) is 5.73 Å². The van der Waals surface area contributed by atoms with Gasteiger partial charge in [0.1, 0.15) is 5.82 Å². The van der Waals surface area contributed by atoms with E-state index in [1.165, 1.54) is 44.6 Å². The first-order valence-corrected chi connectivity index (χ1v) is 7.34. The van der Waals surface area contributed by atoms with Gasteiger partial charge in [0, 0.05) is 18.7 Å². The molecule has 1 saturated carbocycles. The quantitative estimate of drug-likeness (QED) is 0.663. The van der Waals surface area contributed by atoms with Crippen molar-refractivity contribution >= 4 is 17.3 Å². The maximum absolute atomic E-state index is 10.8. The number of nitrogen functional groups attached to an aromatic ring is 1. The van der Waals surface area contributed by atoms with Crippen molar-refractivity contribution in [3.63, 3.8) is 0 Å². The van der Waals surface area contributed by atoms with Crippen LogP contribution in [0.3, 0.4) is 0 Å². The van der Waals surface area contributed by atoms with Crippen molar-refractivity contribution in [1.82, 2.24) is 4.98 Å². The first-order valence-electron chi connectivity index (χ1n) is 7.34. The SMILES string of the molecule is Nc1nc(N2CCCC3CCCCC32)ccc1[N+](=O)[O-]. The molecule has 2 N–H and O–H groups in total. The lowest BCUT2D eigenvalue weighted by molar-refractivity contribution is -0.384. The number of hydrogen-bond acceptors (Lipinski definition) is 5. The van der Waals surface area contributed by atoms with Crippen LogP contribution in [-0.4, -0.2) is 22.5 Å². The average Bonchev–Trinajstić information content (AvgIpc) is 2.46. The van der Waals surface area contributed by atoms with E-state index in [1.54, 1.807) is 6.07 Å². The summed E-state index contributed by atoms with van der Waals surface area (Å²) in [5.74, 6) is 1.56. The molecule has 1 aromatic heterocycles. The minimum Gasteiger partial charge on any atom is -0.378 e. The predicted octanol–water partition coefficient (Wildman–Crippen LogP) is 2.73. The Balaban J connectivity index is 1.87. The van der Waals surface area contributed by atoms with Crippen molar-refractivity contribution in [3.8, 4) is 0 Å². The zero-order valence-electron chi connectivity index (χ0n) is 11.5. The summed E-state index contributed by atoms with van der Waals surface area (Å²) in [5, 5.41) is 10.8. The van der Waals surface area contributed by atoms with Crippen LogP contribution in [0.5, 0.6) is 0 Å². The number of aromatic nitrogens is 1. The Morgan fingerprint density at radius 1 is 1.25 bits per heavy atom. The molecule has 0 spiro atoms. The zero-order valence-corrected chi connectivity index (χ0v) is 11.5. The number of hydrogen-bond donors (Lipinski definition) is 1. The largest absolute Gasteiger partial charge is 0.378 e. The Morgan fingerprint density at radius 3 is 2.75 bits per heavy atom. The van der Waals surface area contributed by atoms with Crippen LogP contribution < -0.4 is 10.6 Å². The zero-order chi connectivity index (χ0) is 14.1. The fourth-order valence-corrected chi connectivity index (χ4v) is 3.68. The van der Waals surface area contributed by atoms with Crippen LogP contribution in [0.4, 0.5) is 17.3 Å². The fourth-order valence-electron chi connectivity index (χ4n) is 3.68. The summed E-state index contributed by atoms with van der Waals surface area (Å²) in [4.78, 5) is 16.9. The monoisotopic (exact) mass is 276 g/mol. The number of nitrogens with zero attached hydrogens (tertiary/aromatic N) is 3. The molecule has 3 rings (SSSR count). The van der Waals surface area contributed by atoms with E-state index in [-0.39, 0.29) is 11.5 Å². The highest BCUT2D eigenvalue weighted by Crippen LogP contribution is 2.37. The van der Waals surface area contributed by atoms with E-state index in [0.29, 0.717) is 6.04 Å². The number of rotatable bonds is 2. The Labute approximate surface area is 118 Å². The van der Waals surface area contributed by atoms with Gasteiger partial charge in [0.25, 0.3) is 0 Å². The lowest BCUT2D eigenvalue weighted by atomic mass is 9.78. The molecule has 1 saturated heterocycles. The second-order valence-corrected chi connectivity index (χ2v) is 5.78. The second-order valence-electron chi connectivity index (χ2n) is 5.78. The van der Waals surface area contributed by atoms with Crippen LogP contribution in [0.1, 0.15) is 38.5 Å². The van der Waals surface area contributed by atoms with E-state index in [2.05, 4.69) is 9.88 Å². The van der Waals surface area contributed by atoms with Crippen LogP contribution >= 0.6 is 0 Å². The van der Waals surface area contributed by atoms with Crippen LogP contribution in [0, 0.1) is 16.0 Å². The van der Waals surface area contributed by atoms with Crippen LogP contribution in [-0.2, 0) is 0 Å². The standard InChI is InChI=1S/C14H20N4O2/c15-14-12(18(19)20)7-8-13(16-14)17-9-3-5-10-4-1-2-6-11(10)17/h7-8,10-11H,1-6,9H2,(H2,15,16). The highest BCUT2D eigenvalue weighted by Gasteiger charge is 2.34. The molecule has 6 heteroatoms. The van der Waals surface area contributed by atoms with Crippen molar-refractivity contribution in [3.05, 3.63) is 22.2 Å². The second kappa shape index (κ2) is 5.26. The van der Waals surface area contributed by atoms with Crippen molar-refractivity contribution in [2.24, 2.45) is 5.92 Å². The topological polar surface area (TPSA) is 85.3 Å². The van der Waals surface area contributed by atoms with E-state index >= 15 is 0 Å². The average molecular weight is 276 g/mol. The molecule has 2 atom stereocenters. The number of nitro groups is 1. The molecule has 6 nitrogen and oxygen atoms in total. The third-order valence-corrected chi connectivity index (χ3v) is 4.62. The molecule has 2 fully saturated rings. The van der Waals surface area contributed by atoms with Crippen molar-refractivity contribution in [2.75, 3.05) is 17.2 Å². The van der Waals surface area contributed by atoms with Gasteiger partial charge in [-0.15, -0.1) is 0 Å². The van der Waals surface area contributed by atoms with E-state index in [1.807, 2.05) is 0 Å². The maximum Gasteiger partial charge on any atom is 0.311 e. The first kappa shape index (κ1) is 13.1. The normalized spacial score (nSPS) is 26.1. The van der Waals surface area contributed by atoms with Gasteiger partial charge in [0.2, 0.25) is 5.82 Å². The van der Waals surface area contributed by atoms with Gasteiger partial charge in [0.15, 0.2) is 0 Å². The third kappa shape index (κ3) is 2.30. The third-order valence-electron chi connectivity index (χ3n) is 4.62. The Kier molecular flexibility index (Phi) is 3.46. The summed E-state index contributed by atoms with van der Waals surface area (Å²) in [6.07, 6.45) is 7.54. The fraction of sp³-hybridized carbons (Fsp3) is 0.643. The molecule has 0 aromatic carbocycles. The molecule has 1 aliphatic carbocycles. The molecule has 0 bridgehead atoms. The molecule has 20 heavy (non-hydrogen) atoms. The Bertz CT molecular complexity index is 518. The smallest absolute Gasteiger partial charge is 0.311 e. The lowest BCUT2D eigenvalue weighted by Gasteiger charge is -2.44.